The van der Waals surface area contributed by atoms with Crippen molar-refractivity contribution in [3.05, 3.63) is 42.0 Å². The molecule has 1 saturated heterocycles. The Hall–Kier alpha value is -2.54. The third-order valence-electron chi connectivity index (χ3n) is 4.31. The van der Waals surface area contributed by atoms with Crippen LogP contribution in [0.5, 0.6) is 0 Å². The van der Waals surface area contributed by atoms with E-state index in [0.29, 0.717) is 23.7 Å². The molecule has 0 unspecified atom stereocenters. The Labute approximate surface area is 152 Å². The van der Waals surface area contributed by atoms with E-state index in [9.17, 15) is 9.50 Å². The van der Waals surface area contributed by atoms with Crippen LogP contribution in [0.4, 0.5) is 10.3 Å². The summed E-state index contributed by atoms with van der Waals surface area (Å²) >= 11 is 0. The predicted molar refractivity (Wildman–Crippen MR) is 98.5 cm³/mol. The number of aliphatic hydroxyl groups excluding tert-OH is 1. The minimum absolute atomic E-state index is 0.264. The zero-order valence-electron chi connectivity index (χ0n) is 14.9. The molecule has 0 atom stereocenters. The van der Waals surface area contributed by atoms with Gasteiger partial charge in [0.15, 0.2) is 0 Å². The van der Waals surface area contributed by atoms with E-state index in [2.05, 4.69) is 26.9 Å². The lowest BCUT2D eigenvalue weighted by Crippen LogP contribution is -2.35. The summed E-state index contributed by atoms with van der Waals surface area (Å²) in [7, 11) is 0. The molecular formula is C19H23FN4O2. The van der Waals surface area contributed by atoms with Crippen molar-refractivity contribution in [3.63, 3.8) is 0 Å². The molecule has 1 N–H and O–H groups in total. The van der Waals surface area contributed by atoms with Gasteiger partial charge in [0.1, 0.15) is 12.4 Å². The van der Waals surface area contributed by atoms with Crippen LogP contribution in [-0.4, -0.2) is 40.5 Å². The Kier molecular flexibility index (Phi) is 6.12. The average molecular weight is 358 g/mol. The maximum Gasteiger partial charge on any atom is 0.225 e. The highest BCUT2D eigenvalue weighted by Gasteiger charge is 2.18. The summed E-state index contributed by atoms with van der Waals surface area (Å²) in [5, 5.41) is 13.4. The van der Waals surface area contributed by atoms with Gasteiger partial charge in [0.25, 0.3) is 0 Å². The van der Waals surface area contributed by atoms with E-state index >= 15 is 0 Å². The normalized spacial score (nSPS) is 14.4. The number of hydrogen-bond donors (Lipinski definition) is 1. The van der Waals surface area contributed by atoms with Crippen LogP contribution in [0.3, 0.4) is 0 Å². The van der Waals surface area contributed by atoms with E-state index in [0.717, 1.165) is 38.1 Å². The zero-order chi connectivity index (χ0) is 18.4. The van der Waals surface area contributed by atoms with Crippen molar-refractivity contribution in [1.29, 1.82) is 0 Å². The quantitative estimate of drug-likeness (QED) is 0.634. The second kappa shape index (κ2) is 8.71. The second-order valence-electron chi connectivity index (χ2n) is 6.19. The molecule has 0 bridgehead atoms. The van der Waals surface area contributed by atoms with Gasteiger partial charge >= 0.3 is 0 Å². The van der Waals surface area contributed by atoms with Crippen LogP contribution in [0.1, 0.15) is 31.7 Å². The summed E-state index contributed by atoms with van der Waals surface area (Å²) in [6, 6.07) is 4.93. The summed E-state index contributed by atoms with van der Waals surface area (Å²) in [6.45, 7) is 3.92. The molecule has 1 aromatic carbocycles. The number of nitrogens with zero attached hydrogens (tertiary/aromatic N) is 4. The van der Waals surface area contributed by atoms with Gasteiger partial charge in [-0.3, -0.25) is 0 Å². The molecule has 2 aromatic rings. The van der Waals surface area contributed by atoms with Crippen molar-refractivity contribution < 1.29 is 14.3 Å². The number of anilines is 1. The first-order chi connectivity index (χ1) is 12.7. The molecule has 1 aromatic heterocycles. The van der Waals surface area contributed by atoms with Gasteiger partial charge in [0, 0.05) is 55.0 Å². The molecule has 0 radical (unpaired) electrons. The Balaban J connectivity index is 1.67. The fourth-order valence-electron chi connectivity index (χ4n) is 2.83. The standard InChI is InChI=1S/C19H23FN4O2/c1-2-10-26-23-16-6-8-24(9-7-16)19-21-11-15(12-22-19)17-5-3-4-14(13-25)18(17)20/h3-5,11-12,25H,2,6-10,13H2,1H3. The fraction of sp³-hybridized carbons (Fsp3) is 0.421. The molecular weight excluding hydrogens is 335 g/mol. The van der Waals surface area contributed by atoms with Crippen molar-refractivity contribution in [1.82, 2.24) is 9.97 Å². The molecule has 0 spiro atoms. The number of benzene rings is 1. The van der Waals surface area contributed by atoms with Gasteiger partial charge in [0.05, 0.1) is 12.3 Å². The summed E-state index contributed by atoms with van der Waals surface area (Å²) < 4.78 is 14.3. The van der Waals surface area contributed by atoms with Crippen LogP contribution in [0.25, 0.3) is 11.1 Å². The van der Waals surface area contributed by atoms with Gasteiger partial charge in [-0.15, -0.1) is 0 Å². The summed E-state index contributed by atoms with van der Waals surface area (Å²) in [5.41, 5.74) is 2.31. The maximum absolute atomic E-state index is 14.3. The summed E-state index contributed by atoms with van der Waals surface area (Å²) in [6.07, 6.45) is 5.83. The molecule has 2 heterocycles. The first kappa shape index (κ1) is 18.3. The molecule has 138 valence electrons. The molecule has 7 heteroatoms. The monoisotopic (exact) mass is 358 g/mol. The molecule has 0 amide bonds. The third kappa shape index (κ3) is 4.16. The zero-order valence-corrected chi connectivity index (χ0v) is 14.9. The van der Waals surface area contributed by atoms with E-state index in [1.165, 1.54) is 0 Å². The van der Waals surface area contributed by atoms with E-state index < -0.39 is 5.82 Å². The smallest absolute Gasteiger partial charge is 0.225 e. The Morgan fingerprint density at radius 2 is 1.96 bits per heavy atom. The molecule has 0 aliphatic carbocycles. The van der Waals surface area contributed by atoms with Crippen LogP contribution >= 0.6 is 0 Å². The van der Waals surface area contributed by atoms with Crippen molar-refractivity contribution in [3.8, 4) is 11.1 Å². The lowest BCUT2D eigenvalue weighted by atomic mass is 10.1. The van der Waals surface area contributed by atoms with Crippen LogP contribution in [0, 0.1) is 5.82 Å². The number of oxime groups is 1. The number of aliphatic hydroxyl groups is 1. The van der Waals surface area contributed by atoms with E-state index in [1.807, 2.05) is 0 Å². The van der Waals surface area contributed by atoms with Crippen LogP contribution in [0.15, 0.2) is 35.7 Å². The molecule has 1 aliphatic heterocycles. The van der Waals surface area contributed by atoms with Crippen molar-refractivity contribution in [2.75, 3.05) is 24.6 Å². The topological polar surface area (TPSA) is 70.8 Å². The van der Waals surface area contributed by atoms with Crippen molar-refractivity contribution in [2.24, 2.45) is 5.16 Å². The Bertz CT molecular complexity index is 755. The van der Waals surface area contributed by atoms with Crippen LogP contribution < -0.4 is 4.90 Å². The molecule has 1 aliphatic rings. The van der Waals surface area contributed by atoms with E-state index in [1.54, 1.807) is 30.6 Å². The van der Waals surface area contributed by atoms with Gasteiger partial charge < -0.3 is 14.8 Å². The number of piperidine rings is 1. The highest BCUT2D eigenvalue weighted by Crippen LogP contribution is 2.25. The molecule has 26 heavy (non-hydrogen) atoms. The van der Waals surface area contributed by atoms with E-state index in [-0.39, 0.29) is 12.2 Å². The maximum atomic E-state index is 14.3. The molecule has 0 saturated carbocycles. The number of rotatable bonds is 6. The first-order valence-electron chi connectivity index (χ1n) is 8.86. The van der Waals surface area contributed by atoms with Gasteiger partial charge in [-0.25, -0.2) is 14.4 Å². The largest absolute Gasteiger partial charge is 0.396 e. The number of hydrogen-bond acceptors (Lipinski definition) is 6. The Morgan fingerprint density at radius 1 is 1.23 bits per heavy atom. The second-order valence-corrected chi connectivity index (χ2v) is 6.19. The molecule has 3 rings (SSSR count). The van der Waals surface area contributed by atoms with Crippen LogP contribution in [0.2, 0.25) is 0 Å². The SMILES string of the molecule is CCCON=C1CCN(c2ncc(-c3cccc(CO)c3F)cn2)CC1. The van der Waals surface area contributed by atoms with Crippen molar-refractivity contribution in [2.45, 2.75) is 32.8 Å². The lowest BCUT2D eigenvalue weighted by molar-refractivity contribution is 0.143. The first-order valence-corrected chi connectivity index (χ1v) is 8.86. The van der Waals surface area contributed by atoms with Gasteiger partial charge in [-0.2, -0.15) is 0 Å². The van der Waals surface area contributed by atoms with Gasteiger partial charge in [-0.1, -0.05) is 30.3 Å². The number of halogens is 1. The highest BCUT2D eigenvalue weighted by molar-refractivity contribution is 5.86. The van der Waals surface area contributed by atoms with E-state index in [4.69, 9.17) is 4.84 Å². The summed E-state index contributed by atoms with van der Waals surface area (Å²) in [4.78, 5) is 16.1. The third-order valence-corrected chi connectivity index (χ3v) is 4.31. The van der Waals surface area contributed by atoms with Crippen molar-refractivity contribution >= 4 is 11.7 Å². The van der Waals surface area contributed by atoms with Gasteiger partial charge in [-0.05, 0) is 6.42 Å². The number of aromatic nitrogens is 2. The van der Waals surface area contributed by atoms with Gasteiger partial charge in [0.2, 0.25) is 5.95 Å². The molecule has 6 nitrogen and oxygen atoms in total. The summed E-state index contributed by atoms with van der Waals surface area (Å²) in [5.74, 6) is 0.193. The van der Waals surface area contributed by atoms with Crippen LogP contribution in [-0.2, 0) is 11.4 Å². The fourth-order valence-corrected chi connectivity index (χ4v) is 2.83. The minimum Gasteiger partial charge on any atom is -0.396 e. The molecule has 1 fully saturated rings. The highest BCUT2D eigenvalue weighted by atomic mass is 19.1. The Morgan fingerprint density at radius 3 is 2.62 bits per heavy atom. The minimum atomic E-state index is -0.433. The predicted octanol–water partition coefficient (Wildman–Crippen LogP) is 3.16. The lowest BCUT2D eigenvalue weighted by Gasteiger charge is -2.27. The average Bonchev–Trinajstić information content (AvgIpc) is 2.69.